The summed E-state index contributed by atoms with van der Waals surface area (Å²) in [4.78, 5) is 0. The summed E-state index contributed by atoms with van der Waals surface area (Å²) in [6.07, 6.45) is 15.6. The maximum atomic E-state index is 11.1. The van der Waals surface area contributed by atoms with E-state index in [2.05, 4.69) is 0 Å². The molecule has 4 aliphatic carbocycles. The molecule has 4 saturated carbocycles. The van der Waals surface area contributed by atoms with Crippen molar-refractivity contribution in [1.29, 1.82) is 0 Å². The second kappa shape index (κ2) is 4.23. The number of rotatable bonds is 1. The molecule has 0 aromatic heterocycles. The Morgan fingerprint density at radius 3 is 2.44 bits per heavy atom. The molecule has 0 radical (unpaired) electrons. The first-order valence-corrected chi connectivity index (χ1v) is 8.50. The summed E-state index contributed by atoms with van der Waals surface area (Å²) in [5.74, 6) is 3.33. The van der Waals surface area contributed by atoms with Gasteiger partial charge in [0.25, 0.3) is 0 Å². The fourth-order valence-corrected chi connectivity index (χ4v) is 6.60. The van der Waals surface area contributed by atoms with Crippen LogP contribution in [-0.4, -0.2) is 11.2 Å². The maximum absolute atomic E-state index is 11.1. The monoisotopic (exact) mass is 248 g/mol. The minimum Gasteiger partial charge on any atom is -0.392 e. The van der Waals surface area contributed by atoms with Gasteiger partial charge in [-0.25, -0.2) is 0 Å². The Morgan fingerprint density at radius 1 is 0.778 bits per heavy atom. The van der Waals surface area contributed by atoms with Gasteiger partial charge in [0.15, 0.2) is 0 Å². The molecular formula is C17H28O. The van der Waals surface area contributed by atoms with Crippen LogP contribution in [0.5, 0.6) is 0 Å². The zero-order valence-corrected chi connectivity index (χ0v) is 11.6. The molecule has 4 aliphatic rings. The maximum Gasteiger partial charge on any atom is 0.0632 e. The highest BCUT2D eigenvalue weighted by atomic mass is 16.3. The standard InChI is InChI=1S/C17H28O/c18-16-15-7-4-10-17(16,13-5-2-1-3-6-13)14-9-8-12(15)11-14/h12-16,18H,1-11H2/t12-,14+,15-,16?,17+/m1/s1. The van der Waals surface area contributed by atoms with Crippen LogP contribution in [0.1, 0.15) is 70.6 Å². The van der Waals surface area contributed by atoms with Crippen LogP contribution < -0.4 is 0 Å². The molecule has 102 valence electrons. The Hall–Kier alpha value is -0.0400. The first-order chi connectivity index (χ1) is 8.82. The van der Waals surface area contributed by atoms with E-state index in [-0.39, 0.29) is 6.10 Å². The van der Waals surface area contributed by atoms with Gasteiger partial charge in [0.1, 0.15) is 0 Å². The van der Waals surface area contributed by atoms with Gasteiger partial charge >= 0.3 is 0 Å². The highest BCUT2D eigenvalue weighted by Crippen LogP contribution is 2.65. The van der Waals surface area contributed by atoms with Gasteiger partial charge in [-0.2, -0.15) is 0 Å². The van der Waals surface area contributed by atoms with E-state index in [4.69, 9.17) is 0 Å². The van der Waals surface area contributed by atoms with Crippen LogP contribution >= 0.6 is 0 Å². The van der Waals surface area contributed by atoms with Gasteiger partial charge in [0, 0.05) is 5.41 Å². The normalized spacial score (nSPS) is 52.5. The van der Waals surface area contributed by atoms with Crippen molar-refractivity contribution in [3.05, 3.63) is 0 Å². The predicted molar refractivity (Wildman–Crippen MR) is 73.2 cm³/mol. The molecule has 0 aromatic rings. The summed E-state index contributed by atoms with van der Waals surface area (Å²) >= 11 is 0. The molecule has 0 amide bonds. The number of fused-ring (bicyclic) bond motifs is 6. The molecule has 1 unspecified atom stereocenters. The molecule has 1 N–H and O–H groups in total. The van der Waals surface area contributed by atoms with Gasteiger partial charge in [-0.1, -0.05) is 25.7 Å². The molecule has 0 aromatic carbocycles. The summed E-state index contributed by atoms with van der Waals surface area (Å²) in [6, 6.07) is 0. The first kappa shape index (κ1) is 11.8. The summed E-state index contributed by atoms with van der Waals surface area (Å²) in [6.45, 7) is 0. The van der Waals surface area contributed by atoms with E-state index in [9.17, 15) is 5.11 Å². The van der Waals surface area contributed by atoms with Gasteiger partial charge in [-0.3, -0.25) is 0 Å². The molecule has 4 rings (SSSR count). The topological polar surface area (TPSA) is 20.2 Å². The fraction of sp³-hybridized carbons (Fsp3) is 1.00. The molecule has 1 heteroatoms. The van der Waals surface area contributed by atoms with Crippen molar-refractivity contribution in [2.24, 2.45) is 29.1 Å². The van der Waals surface area contributed by atoms with Crippen LogP contribution in [0.15, 0.2) is 0 Å². The Kier molecular flexibility index (Phi) is 2.76. The minimum atomic E-state index is 0.0700. The number of hydrogen-bond donors (Lipinski definition) is 1. The Labute approximate surface area is 111 Å². The lowest BCUT2D eigenvalue weighted by Crippen LogP contribution is -2.56. The average Bonchev–Trinajstić information content (AvgIpc) is 2.87. The van der Waals surface area contributed by atoms with Crippen molar-refractivity contribution in [1.82, 2.24) is 0 Å². The van der Waals surface area contributed by atoms with Crippen molar-refractivity contribution in [3.8, 4) is 0 Å². The zero-order chi connectivity index (χ0) is 12.2. The van der Waals surface area contributed by atoms with Crippen LogP contribution in [0.3, 0.4) is 0 Å². The van der Waals surface area contributed by atoms with Crippen LogP contribution in [0, 0.1) is 29.1 Å². The van der Waals surface area contributed by atoms with E-state index in [1.54, 1.807) is 0 Å². The lowest BCUT2D eigenvalue weighted by Gasteiger charge is -2.58. The van der Waals surface area contributed by atoms with Crippen LogP contribution in [0.2, 0.25) is 0 Å². The van der Waals surface area contributed by atoms with Gasteiger partial charge in [-0.05, 0) is 68.6 Å². The third kappa shape index (κ3) is 1.43. The van der Waals surface area contributed by atoms with E-state index in [0.29, 0.717) is 11.3 Å². The van der Waals surface area contributed by atoms with E-state index in [0.717, 1.165) is 17.8 Å². The van der Waals surface area contributed by atoms with E-state index >= 15 is 0 Å². The van der Waals surface area contributed by atoms with Crippen molar-refractivity contribution in [2.45, 2.75) is 76.7 Å². The number of aliphatic hydroxyl groups is 1. The van der Waals surface area contributed by atoms with Gasteiger partial charge in [0.2, 0.25) is 0 Å². The summed E-state index contributed by atoms with van der Waals surface area (Å²) < 4.78 is 0. The van der Waals surface area contributed by atoms with E-state index in [1.807, 2.05) is 0 Å². The van der Waals surface area contributed by atoms with Gasteiger partial charge in [0.05, 0.1) is 6.10 Å². The Bertz CT molecular complexity index is 320. The van der Waals surface area contributed by atoms with Crippen molar-refractivity contribution in [3.63, 3.8) is 0 Å². The summed E-state index contributed by atoms with van der Waals surface area (Å²) in [7, 11) is 0. The average molecular weight is 248 g/mol. The van der Waals surface area contributed by atoms with Crippen molar-refractivity contribution >= 4 is 0 Å². The minimum absolute atomic E-state index is 0.0700. The second-order valence-electron chi connectivity index (χ2n) is 7.72. The Balaban J connectivity index is 1.70. The SMILES string of the molecule is OC1[C@@H]2CCC[C@]1(C1CCCCC1)[C@H]1CC[C@@H]2C1. The lowest BCUT2D eigenvalue weighted by molar-refractivity contribution is -0.159. The van der Waals surface area contributed by atoms with Gasteiger partial charge < -0.3 is 5.11 Å². The molecule has 5 atom stereocenters. The smallest absolute Gasteiger partial charge is 0.0632 e. The molecule has 0 spiro atoms. The third-order valence-corrected chi connectivity index (χ3v) is 7.31. The Morgan fingerprint density at radius 2 is 1.61 bits per heavy atom. The second-order valence-corrected chi connectivity index (χ2v) is 7.72. The van der Waals surface area contributed by atoms with Crippen LogP contribution in [0.25, 0.3) is 0 Å². The van der Waals surface area contributed by atoms with Crippen molar-refractivity contribution in [2.75, 3.05) is 0 Å². The third-order valence-electron chi connectivity index (χ3n) is 7.31. The van der Waals surface area contributed by atoms with Gasteiger partial charge in [-0.15, -0.1) is 0 Å². The number of hydrogen-bond acceptors (Lipinski definition) is 1. The van der Waals surface area contributed by atoms with Crippen LogP contribution in [-0.2, 0) is 0 Å². The van der Waals surface area contributed by atoms with Crippen molar-refractivity contribution < 1.29 is 5.11 Å². The van der Waals surface area contributed by atoms with E-state index < -0.39 is 0 Å². The molecule has 0 aliphatic heterocycles. The quantitative estimate of drug-likeness (QED) is 0.739. The molecule has 1 nitrogen and oxygen atoms in total. The molecule has 0 heterocycles. The molecule has 0 saturated heterocycles. The largest absolute Gasteiger partial charge is 0.392 e. The molecule has 18 heavy (non-hydrogen) atoms. The first-order valence-electron chi connectivity index (χ1n) is 8.50. The molecule has 4 bridgehead atoms. The summed E-state index contributed by atoms with van der Waals surface area (Å²) in [5, 5.41) is 11.1. The van der Waals surface area contributed by atoms with E-state index in [1.165, 1.54) is 70.6 Å². The molecular weight excluding hydrogens is 220 g/mol. The highest BCUT2D eigenvalue weighted by molar-refractivity contribution is 5.10. The predicted octanol–water partition coefficient (Wildman–Crippen LogP) is 4.14. The molecule has 4 fully saturated rings. The fourth-order valence-electron chi connectivity index (χ4n) is 6.60. The highest BCUT2D eigenvalue weighted by Gasteiger charge is 2.60. The van der Waals surface area contributed by atoms with Crippen LogP contribution in [0.4, 0.5) is 0 Å². The zero-order valence-electron chi connectivity index (χ0n) is 11.6. The summed E-state index contributed by atoms with van der Waals surface area (Å²) in [5.41, 5.74) is 0.371. The lowest BCUT2D eigenvalue weighted by atomic mass is 9.49. The number of aliphatic hydroxyl groups excluding tert-OH is 1.